The second-order valence-electron chi connectivity index (χ2n) is 6.61. The van der Waals surface area contributed by atoms with Crippen LogP contribution >= 0.6 is 11.6 Å². The molecule has 0 spiro atoms. The van der Waals surface area contributed by atoms with Crippen molar-refractivity contribution in [3.8, 4) is 5.75 Å². The van der Waals surface area contributed by atoms with E-state index in [4.69, 9.17) is 16.3 Å². The topological polar surface area (TPSA) is 84.5 Å². The van der Waals surface area contributed by atoms with E-state index >= 15 is 0 Å². The van der Waals surface area contributed by atoms with E-state index in [1.54, 1.807) is 37.4 Å². The van der Waals surface area contributed by atoms with E-state index in [0.29, 0.717) is 11.4 Å². The number of aryl methyl sites for hydroxylation is 1. The number of hydrogen-bond acceptors (Lipinski definition) is 4. The van der Waals surface area contributed by atoms with Crippen LogP contribution in [0.1, 0.15) is 21.5 Å². The first-order valence-electron chi connectivity index (χ1n) is 9.09. The molecular weight excluding hydrogens is 424 g/mol. The van der Waals surface area contributed by atoms with E-state index in [-0.39, 0.29) is 22.0 Å². The van der Waals surface area contributed by atoms with Crippen molar-refractivity contribution in [2.75, 3.05) is 11.8 Å². The van der Waals surface area contributed by atoms with Gasteiger partial charge in [0.2, 0.25) is 0 Å². The maximum Gasteiger partial charge on any atom is 0.263 e. The molecule has 0 fully saturated rings. The molecule has 0 heterocycles. The summed E-state index contributed by atoms with van der Waals surface area (Å²) in [5.41, 5.74) is 2.39. The summed E-state index contributed by atoms with van der Waals surface area (Å²) >= 11 is 6.12. The summed E-state index contributed by atoms with van der Waals surface area (Å²) in [6.07, 6.45) is 0. The molecule has 3 aromatic rings. The highest BCUT2D eigenvalue weighted by Crippen LogP contribution is 2.25. The van der Waals surface area contributed by atoms with Gasteiger partial charge in [0.15, 0.2) is 0 Å². The van der Waals surface area contributed by atoms with Gasteiger partial charge in [-0.1, -0.05) is 47.5 Å². The lowest BCUT2D eigenvalue weighted by molar-refractivity contribution is 0.0950. The van der Waals surface area contributed by atoms with Gasteiger partial charge in [-0.3, -0.25) is 9.52 Å². The summed E-state index contributed by atoms with van der Waals surface area (Å²) in [7, 11) is -2.42. The first-order valence-corrected chi connectivity index (χ1v) is 11.0. The second kappa shape index (κ2) is 9.19. The lowest BCUT2D eigenvalue weighted by atomic mass is 10.1. The van der Waals surface area contributed by atoms with Gasteiger partial charge in [0.25, 0.3) is 15.9 Å². The number of halogens is 1. The number of carbonyl (C=O) groups is 1. The van der Waals surface area contributed by atoms with E-state index in [1.165, 1.54) is 18.2 Å². The highest BCUT2D eigenvalue weighted by atomic mass is 35.5. The van der Waals surface area contributed by atoms with Crippen molar-refractivity contribution >= 4 is 33.2 Å². The standard InChI is InChI=1S/C22H21ClN2O4S/c1-15-7-10-18(11-8-15)25-30(27,28)21-13-16(9-12-19(21)23)22(26)24-14-17-5-3-4-6-20(17)29-2/h3-13,25H,14H2,1-2H3,(H,24,26). The zero-order valence-electron chi connectivity index (χ0n) is 16.5. The van der Waals surface area contributed by atoms with Gasteiger partial charge >= 0.3 is 0 Å². The molecule has 0 unspecified atom stereocenters. The number of sulfonamides is 1. The SMILES string of the molecule is COc1ccccc1CNC(=O)c1ccc(Cl)c(S(=O)(=O)Nc2ccc(C)cc2)c1. The van der Waals surface area contributed by atoms with Crippen molar-refractivity contribution < 1.29 is 17.9 Å². The average molecular weight is 445 g/mol. The summed E-state index contributed by atoms with van der Waals surface area (Å²) in [4.78, 5) is 12.4. The maximum absolute atomic E-state index is 12.8. The fourth-order valence-corrected chi connectivity index (χ4v) is 4.39. The van der Waals surface area contributed by atoms with E-state index in [9.17, 15) is 13.2 Å². The molecule has 2 N–H and O–H groups in total. The van der Waals surface area contributed by atoms with Crippen molar-refractivity contribution in [2.45, 2.75) is 18.4 Å². The molecule has 0 atom stereocenters. The predicted molar refractivity (Wildman–Crippen MR) is 118 cm³/mol. The van der Waals surface area contributed by atoms with E-state index in [2.05, 4.69) is 10.0 Å². The van der Waals surface area contributed by atoms with Gasteiger partial charge in [-0.05, 0) is 43.3 Å². The smallest absolute Gasteiger partial charge is 0.263 e. The lowest BCUT2D eigenvalue weighted by Gasteiger charge is -2.12. The third-order valence-corrected chi connectivity index (χ3v) is 6.28. The average Bonchev–Trinajstić information content (AvgIpc) is 2.74. The van der Waals surface area contributed by atoms with E-state index in [0.717, 1.165) is 11.1 Å². The number of carbonyl (C=O) groups excluding carboxylic acids is 1. The van der Waals surface area contributed by atoms with Crippen LogP contribution in [0.2, 0.25) is 5.02 Å². The molecule has 3 aromatic carbocycles. The lowest BCUT2D eigenvalue weighted by Crippen LogP contribution is -2.23. The minimum absolute atomic E-state index is 0.0240. The summed E-state index contributed by atoms with van der Waals surface area (Å²) in [6.45, 7) is 2.14. The molecule has 1 amide bonds. The Morgan fingerprint density at radius 1 is 1.03 bits per heavy atom. The van der Waals surface area contributed by atoms with Crippen LogP contribution in [0.3, 0.4) is 0 Å². The van der Waals surface area contributed by atoms with Crippen LogP contribution in [0, 0.1) is 6.92 Å². The Labute approximate surface area is 180 Å². The number of benzene rings is 3. The Morgan fingerprint density at radius 3 is 2.43 bits per heavy atom. The van der Waals surface area contributed by atoms with E-state index in [1.807, 2.05) is 25.1 Å². The van der Waals surface area contributed by atoms with Crippen molar-refractivity contribution in [3.05, 3.63) is 88.4 Å². The molecule has 156 valence electrons. The molecule has 8 heteroatoms. The van der Waals surface area contributed by atoms with Crippen LogP contribution < -0.4 is 14.8 Å². The molecule has 0 aromatic heterocycles. The zero-order chi connectivity index (χ0) is 21.7. The number of nitrogens with one attached hydrogen (secondary N) is 2. The fraction of sp³-hybridized carbons (Fsp3) is 0.136. The van der Waals surface area contributed by atoms with Crippen molar-refractivity contribution in [1.29, 1.82) is 0 Å². The van der Waals surface area contributed by atoms with Gasteiger partial charge in [0.1, 0.15) is 10.6 Å². The summed E-state index contributed by atoms with van der Waals surface area (Å²) in [6, 6.07) is 18.3. The van der Waals surface area contributed by atoms with Crippen molar-refractivity contribution in [1.82, 2.24) is 5.32 Å². The molecule has 6 nitrogen and oxygen atoms in total. The summed E-state index contributed by atoms with van der Waals surface area (Å²) < 4.78 is 33.4. The first-order chi connectivity index (χ1) is 14.3. The van der Waals surface area contributed by atoms with E-state index < -0.39 is 15.9 Å². The Hall–Kier alpha value is -3.03. The van der Waals surface area contributed by atoms with Gasteiger partial charge in [0.05, 0.1) is 12.1 Å². The molecular formula is C22H21ClN2O4S. The number of methoxy groups -OCH3 is 1. The van der Waals surface area contributed by atoms with Crippen LogP contribution in [0.15, 0.2) is 71.6 Å². The minimum atomic E-state index is -3.97. The van der Waals surface area contributed by atoms with Crippen LogP contribution in [0.25, 0.3) is 0 Å². The fourth-order valence-electron chi connectivity index (χ4n) is 2.81. The molecule has 0 radical (unpaired) electrons. The highest BCUT2D eigenvalue weighted by molar-refractivity contribution is 7.92. The van der Waals surface area contributed by atoms with Crippen LogP contribution in [-0.2, 0) is 16.6 Å². The van der Waals surface area contributed by atoms with Crippen molar-refractivity contribution in [3.63, 3.8) is 0 Å². The Balaban J connectivity index is 1.80. The maximum atomic E-state index is 12.8. The Morgan fingerprint density at radius 2 is 1.73 bits per heavy atom. The third kappa shape index (κ3) is 5.11. The summed E-state index contributed by atoms with van der Waals surface area (Å²) in [5.74, 6) is 0.226. The monoisotopic (exact) mass is 444 g/mol. The number of para-hydroxylation sites is 1. The van der Waals surface area contributed by atoms with Crippen LogP contribution in [-0.4, -0.2) is 21.4 Å². The molecule has 0 bridgehead atoms. The first kappa shape index (κ1) is 21.7. The number of ether oxygens (including phenoxy) is 1. The zero-order valence-corrected chi connectivity index (χ0v) is 18.0. The minimum Gasteiger partial charge on any atom is -0.496 e. The van der Waals surface area contributed by atoms with Gasteiger partial charge in [-0.2, -0.15) is 0 Å². The molecule has 0 saturated carbocycles. The third-order valence-electron chi connectivity index (χ3n) is 4.42. The quantitative estimate of drug-likeness (QED) is 0.566. The van der Waals surface area contributed by atoms with Crippen LogP contribution in [0.4, 0.5) is 5.69 Å². The van der Waals surface area contributed by atoms with Crippen molar-refractivity contribution in [2.24, 2.45) is 0 Å². The highest BCUT2D eigenvalue weighted by Gasteiger charge is 2.20. The van der Waals surface area contributed by atoms with Gasteiger partial charge < -0.3 is 10.1 Å². The van der Waals surface area contributed by atoms with Gasteiger partial charge in [0, 0.05) is 23.4 Å². The molecule has 30 heavy (non-hydrogen) atoms. The molecule has 0 aliphatic rings. The van der Waals surface area contributed by atoms with Gasteiger partial charge in [-0.25, -0.2) is 8.42 Å². The predicted octanol–water partition coefficient (Wildman–Crippen LogP) is 4.39. The van der Waals surface area contributed by atoms with Gasteiger partial charge in [-0.15, -0.1) is 0 Å². The molecule has 0 aliphatic heterocycles. The number of anilines is 1. The Bertz CT molecular complexity index is 1160. The number of hydrogen-bond donors (Lipinski definition) is 2. The summed E-state index contributed by atoms with van der Waals surface area (Å²) in [5, 5.41) is 2.79. The number of rotatable bonds is 7. The van der Waals surface area contributed by atoms with Crippen LogP contribution in [0.5, 0.6) is 5.75 Å². The Kier molecular flexibility index (Phi) is 6.64. The number of amides is 1. The second-order valence-corrected chi connectivity index (χ2v) is 8.67. The molecule has 0 saturated heterocycles. The molecule has 3 rings (SSSR count). The molecule has 0 aliphatic carbocycles. The largest absolute Gasteiger partial charge is 0.496 e. The normalized spacial score (nSPS) is 11.0.